The van der Waals surface area contributed by atoms with Gasteiger partial charge in [-0.3, -0.25) is 4.79 Å². The lowest BCUT2D eigenvalue weighted by Crippen LogP contribution is -2.37. The molecular weight excluding hydrogens is 302 g/mol. The number of nitrogens with one attached hydrogen (secondary N) is 1. The quantitative estimate of drug-likeness (QED) is 0.801. The van der Waals surface area contributed by atoms with Gasteiger partial charge in [-0.15, -0.1) is 0 Å². The summed E-state index contributed by atoms with van der Waals surface area (Å²) < 4.78 is 11.4. The lowest BCUT2D eigenvalue weighted by molar-refractivity contribution is -0.128. The third-order valence-electron chi connectivity index (χ3n) is 3.69. The van der Waals surface area contributed by atoms with E-state index in [1.54, 1.807) is 0 Å². The van der Waals surface area contributed by atoms with E-state index in [1.165, 1.54) is 0 Å². The molecular formula is C20H25NO3. The van der Waals surface area contributed by atoms with E-state index in [0.29, 0.717) is 25.3 Å². The summed E-state index contributed by atoms with van der Waals surface area (Å²) in [6, 6.07) is 15.4. The van der Waals surface area contributed by atoms with Gasteiger partial charge in [-0.2, -0.15) is 0 Å². The molecule has 1 atom stereocenters. The molecule has 0 bridgehead atoms. The van der Waals surface area contributed by atoms with Gasteiger partial charge in [-0.25, -0.2) is 0 Å². The van der Waals surface area contributed by atoms with Crippen molar-refractivity contribution in [3.63, 3.8) is 0 Å². The third kappa shape index (κ3) is 5.01. The molecule has 0 spiro atoms. The van der Waals surface area contributed by atoms with Gasteiger partial charge in [0.2, 0.25) is 0 Å². The number of carbonyl (C=O) groups excluding carboxylic acids is 1. The summed E-state index contributed by atoms with van der Waals surface area (Å²) in [5, 5.41) is 2.94. The minimum absolute atomic E-state index is 0.121. The average molecular weight is 327 g/mol. The largest absolute Gasteiger partial charge is 0.494 e. The third-order valence-corrected chi connectivity index (χ3v) is 3.69. The van der Waals surface area contributed by atoms with Crippen molar-refractivity contribution in [1.29, 1.82) is 0 Å². The smallest absolute Gasteiger partial charge is 0.261 e. The van der Waals surface area contributed by atoms with Gasteiger partial charge in [0.15, 0.2) is 6.10 Å². The Balaban J connectivity index is 1.96. The SMILES string of the molecule is CCOc1ccccc1CNC(=O)C(CC)Oc1ccc(C)cc1. The fourth-order valence-corrected chi connectivity index (χ4v) is 2.35. The molecule has 0 aliphatic carbocycles. The van der Waals surface area contributed by atoms with Crippen molar-refractivity contribution < 1.29 is 14.3 Å². The van der Waals surface area contributed by atoms with Crippen molar-refractivity contribution >= 4 is 5.91 Å². The van der Waals surface area contributed by atoms with Crippen molar-refractivity contribution in [2.75, 3.05) is 6.61 Å². The topological polar surface area (TPSA) is 47.6 Å². The monoisotopic (exact) mass is 327 g/mol. The number of benzene rings is 2. The van der Waals surface area contributed by atoms with E-state index in [0.717, 1.165) is 16.9 Å². The molecule has 1 amide bonds. The molecule has 2 aromatic rings. The summed E-state index contributed by atoms with van der Waals surface area (Å²) in [6.07, 6.45) is 0.0965. The van der Waals surface area contributed by atoms with E-state index in [9.17, 15) is 4.79 Å². The number of hydrogen-bond donors (Lipinski definition) is 1. The van der Waals surface area contributed by atoms with Crippen LogP contribution in [-0.2, 0) is 11.3 Å². The van der Waals surface area contributed by atoms with Crippen LogP contribution in [0.3, 0.4) is 0 Å². The summed E-state index contributed by atoms with van der Waals surface area (Å²) in [7, 11) is 0. The Morgan fingerprint density at radius 1 is 1.08 bits per heavy atom. The second kappa shape index (κ2) is 8.96. The standard InChI is InChI=1S/C20H25NO3/c1-4-18(24-17-12-10-15(3)11-13-17)20(22)21-14-16-8-6-7-9-19(16)23-5-2/h6-13,18H,4-5,14H2,1-3H3,(H,21,22). The molecule has 1 unspecified atom stereocenters. The van der Waals surface area contributed by atoms with E-state index in [2.05, 4.69) is 5.32 Å². The number of para-hydroxylation sites is 1. The highest BCUT2D eigenvalue weighted by Gasteiger charge is 2.18. The zero-order chi connectivity index (χ0) is 17.4. The highest BCUT2D eigenvalue weighted by Crippen LogP contribution is 2.18. The predicted octanol–water partition coefficient (Wildman–Crippen LogP) is 3.87. The molecule has 0 fully saturated rings. The minimum atomic E-state index is -0.507. The van der Waals surface area contributed by atoms with E-state index in [1.807, 2.05) is 69.3 Å². The van der Waals surface area contributed by atoms with Crippen molar-refractivity contribution in [2.24, 2.45) is 0 Å². The van der Waals surface area contributed by atoms with E-state index in [-0.39, 0.29) is 5.91 Å². The van der Waals surface area contributed by atoms with Crippen molar-refractivity contribution in [1.82, 2.24) is 5.32 Å². The van der Waals surface area contributed by atoms with Crippen LogP contribution in [0.25, 0.3) is 0 Å². The first kappa shape index (κ1) is 17.9. The Kier molecular flexibility index (Phi) is 6.67. The van der Waals surface area contributed by atoms with Gasteiger partial charge in [0.05, 0.1) is 6.61 Å². The zero-order valence-electron chi connectivity index (χ0n) is 14.5. The number of aryl methyl sites for hydroxylation is 1. The first-order chi connectivity index (χ1) is 11.6. The highest BCUT2D eigenvalue weighted by molar-refractivity contribution is 5.81. The maximum Gasteiger partial charge on any atom is 0.261 e. The molecule has 24 heavy (non-hydrogen) atoms. The molecule has 0 heterocycles. The molecule has 1 N–H and O–H groups in total. The molecule has 0 saturated carbocycles. The Labute approximate surface area is 143 Å². The first-order valence-electron chi connectivity index (χ1n) is 8.35. The summed E-state index contributed by atoms with van der Waals surface area (Å²) in [4.78, 5) is 12.4. The van der Waals surface area contributed by atoms with Crippen LogP contribution in [0.4, 0.5) is 0 Å². The van der Waals surface area contributed by atoms with Gasteiger partial charge >= 0.3 is 0 Å². The molecule has 2 aromatic carbocycles. The lowest BCUT2D eigenvalue weighted by Gasteiger charge is -2.18. The second-order valence-electron chi connectivity index (χ2n) is 5.59. The molecule has 2 rings (SSSR count). The molecule has 128 valence electrons. The summed E-state index contributed by atoms with van der Waals surface area (Å²) in [5.74, 6) is 1.38. The number of ether oxygens (including phenoxy) is 2. The van der Waals surface area contributed by atoms with E-state index < -0.39 is 6.10 Å². The number of hydrogen-bond acceptors (Lipinski definition) is 3. The van der Waals surface area contributed by atoms with Crippen LogP contribution in [0, 0.1) is 6.92 Å². The van der Waals surface area contributed by atoms with Crippen molar-refractivity contribution in [3.8, 4) is 11.5 Å². The highest BCUT2D eigenvalue weighted by atomic mass is 16.5. The first-order valence-corrected chi connectivity index (χ1v) is 8.35. The van der Waals surface area contributed by atoms with Crippen LogP contribution in [0.15, 0.2) is 48.5 Å². The molecule has 4 heteroatoms. The number of carbonyl (C=O) groups is 1. The van der Waals surface area contributed by atoms with Crippen LogP contribution in [0.2, 0.25) is 0 Å². The van der Waals surface area contributed by atoms with E-state index >= 15 is 0 Å². The van der Waals surface area contributed by atoms with E-state index in [4.69, 9.17) is 9.47 Å². The van der Waals surface area contributed by atoms with Crippen molar-refractivity contribution in [2.45, 2.75) is 39.8 Å². The number of amides is 1. The Morgan fingerprint density at radius 3 is 2.46 bits per heavy atom. The van der Waals surface area contributed by atoms with Crippen LogP contribution in [0.1, 0.15) is 31.4 Å². The normalized spacial score (nSPS) is 11.6. The molecule has 0 aliphatic rings. The van der Waals surface area contributed by atoms with Gasteiger partial charge < -0.3 is 14.8 Å². The molecule has 4 nitrogen and oxygen atoms in total. The fourth-order valence-electron chi connectivity index (χ4n) is 2.35. The van der Waals surface area contributed by atoms with Gasteiger partial charge in [-0.05, 0) is 38.5 Å². The predicted molar refractivity (Wildman–Crippen MR) is 95.3 cm³/mol. The summed E-state index contributed by atoms with van der Waals surface area (Å²) in [5.41, 5.74) is 2.12. The number of rotatable bonds is 8. The lowest BCUT2D eigenvalue weighted by atomic mass is 10.2. The van der Waals surface area contributed by atoms with Crippen LogP contribution >= 0.6 is 0 Å². The maximum absolute atomic E-state index is 12.4. The molecule has 0 radical (unpaired) electrons. The van der Waals surface area contributed by atoms with Gasteiger partial charge in [0.1, 0.15) is 11.5 Å². The summed E-state index contributed by atoms with van der Waals surface area (Å²) >= 11 is 0. The fraction of sp³-hybridized carbons (Fsp3) is 0.350. The van der Waals surface area contributed by atoms with Gasteiger partial charge in [0.25, 0.3) is 5.91 Å². The minimum Gasteiger partial charge on any atom is -0.494 e. The van der Waals surface area contributed by atoms with Gasteiger partial charge in [0, 0.05) is 12.1 Å². The second-order valence-corrected chi connectivity index (χ2v) is 5.59. The van der Waals surface area contributed by atoms with Crippen molar-refractivity contribution in [3.05, 3.63) is 59.7 Å². The Hall–Kier alpha value is -2.49. The van der Waals surface area contributed by atoms with Crippen LogP contribution in [0.5, 0.6) is 11.5 Å². The van der Waals surface area contributed by atoms with Crippen LogP contribution in [-0.4, -0.2) is 18.6 Å². The van der Waals surface area contributed by atoms with Gasteiger partial charge in [-0.1, -0.05) is 42.8 Å². The zero-order valence-corrected chi connectivity index (χ0v) is 14.5. The Bertz CT molecular complexity index is 652. The molecule has 0 saturated heterocycles. The average Bonchev–Trinajstić information content (AvgIpc) is 2.60. The summed E-state index contributed by atoms with van der Waals surface area (Å²) in [6.45, 7) is 6.91. The molecule has 0 aromatic heterocycles. The van der Waals surface area contributed by atoms with Crippen LogP contribution < -0.4 is 14.8 Å². The maximum atomic E-state index is 12.4. The Morgan fingerprint density at radius 2 is 1.79 bits per heavy atom. The molecule has 0 aliphatic heterocycles.